The van der Waals surface area contributed by atoms with Crippen LogP contribution in [0.3, 0.4) is 0 Å². The molecule has 1 aliphatic rings. The first-order chi connectivity index (χ1) is 15.5. The second kappa shape index (κ2) is 9.39. The molecule has 3 aromatic rings. The van der Waals surface area contributed by atoms with Crippen LogP contribution < -0.4 is 0 Å². The zero-order valence-electron chi connectivity index (χ0n) is 19.0. The summed E-state index contributed by atoms with van der Waals surface area (Å²) < 4.78 is 0. The van der Waals surface area contributed by atoms with E-state index in [4.69, 9.17) is 0 Å². The minimum absolute atomic E-state index is 0.0705. The predicted octanol–water partition coefficient (Wildman–Crippen LogP) is 3.86. The minimum atomic E-state index is -0.291. The van der Waals surface area contributed by atoms with Crippen LogP contribution in [0.4, 0.5) is 0 Å². The standard InChI is InChI=1S/C26H30N4O2/c1-4-29-13-14-30(26(32)24-16-27-28-19(24)3)17-22(25(29)31)15-21-7-5-6-8-23(21)20-11-9-18(2)10-12-20/h5-12,16,22H,4,13-15,17H2,1-3H3,(H,27,28)/t22-/m1/s1. The summed E-state index contributed by atoms with van der Waals surface area (Å²) in [6.45, 7) is 8.03. The summed E-state index contributed by atoms with van der Waals surface area (Å²) in [4.78, 5) is 30.2. The van der Waals surface area contributed by atoms with Gasteiger partial charge in [0.1, 0.15) is 0 Å². The number of likely N-dealkylation sites (N-methyl/N-ethyl adjacent to an activating group) is 1. The Labute approximate surface area is 189 Å². The molecule has 1 aliphatic heterocycles. The summed E-state index contributed by atoms with van der Waals surface area (Å²) >= 11 is 0. The molecule has 1 aromatic heterocycles. The van der Waals surface area contributed by atoms with Crippen molar-refractivity contribution in [1.82, 2.24) is 20.0 Å². The molecule has 2 aromatic carbocycles. The number of aromatic amines is 1. The van der Waals surface area contributed by atoms with E-state index < -0.39 is 0 Å². The second-order valence-electron chi connectivity index (χ2n) is 8.50. The van der Waals surface area contributed by atoms with Gasteiger partial charge in [0.2, 0.25) is 5.91 Å². The summed E-state index contributed by atoms with van der Waals surface area (Å²) in [5.74, 6) is -0.246. The molecule has 1 saturated heterocycles. The summed E-state index contributed by atoms with van der Waals surface area (Å²) in [7, 11) is 0. The number of nitrogens with zero attached hydrogens (tertiary/aromatic N) is 3. The van der Waals surface area contributed by atoms with E-state index in [1.807, 2.05) is 35.8 Å². The van der Waals surface area contributed by atoms with Gasteiger partial charge >= 0.3 is 0 Å². The first-order valence-corrected chi connectivity index (χ1v) is 11.2. The fourth-order valence-corrected chi connectivity index (χ4v) is 4.41. The first-order valence-electron chi connectivity index (χ1n) is 11.2. The van der Waals surface area contributed by atoms with Gasteiger partial charge in [0.15, 0.2) is 0 Å². The van der Waals surface area contributed by atoms with Crippen LogP contribution in [-0.4, -0.2) is 58.0 Å². The molecule has 6 nitrogen and oxygen atoms in total. The quantitative estimate of drug-likeness (QED) is 0.668. The fraction of sp³-hybridized carbons (Fsp3) is 0.346. The molecule has 0 unspecified atom stereocenters. The smallest absolute Gasteiger partial charge is 0.257 e. The van der Waals surface area contributed by atoms with Crippen molar-refractivity contribution < 1.29 is 9.59 Å². The van der Waals surface area contributed by atoms with Gasteiger partial charge in [-0.05, 0) is 43.9 Å². The molecule has 0 saturated carbocycles. The van der Waals surface area contributed by atoms with Crippen molar-refractivity contribution in [2.45, 2.75) is 27.2 Å². The number of hydrogen-bond acceptors (Lipinski definition) is 3. The number of nitrogens with one attached hydrogen (secondary N) is 1. The van der Waals surface area contributed by atoms with E-state index in [1.165, 1.54) is 5.56 Å². The topological polar surface area (TPSA) is 69.3 Å². The lowest BCUT2D eigenvalue weighted by atomic mass is 9.91. The minimum Gasteiger partial charge on any atom is -0.341 e. The molecule has 2 heterocycles. The van der Waals surface area contributed by atoms with E-state index in [0.717, 1.165) is 22.4 Å². The van der Waals surface area contributed by atoms with E-state index in [-0.39, 0.29) is 17.7 Å². The van der Waals surface area contributed by atoms with Gasteiger partial charge < -0.3 is 9.80 Å². The van der Waals surface area contributed by atoms with Gasteiger partial charge in [-0.15, -0.1) is 0 Å². The third-order valence-corrected chi connectivity index (χ3v) is 6.32. The molecule has 1 N–H and O–H groups in total. The lowest BCUT2D eigenvalue weighted by Gasteiger charge is -2.24. The number of amides is 2. The highest BCUT2D eigenvalue weighted by Gasteiger charge is 2.33. The van der Waals surface area contributed by atoms with Gasteiger partial charge in [0.25, 0.3) is 5.91 Å². The lowest BCUT2D eigenvalue weighted by molar-refractivity contribution is -0.134. The molecule has 4 rings (SSSR count). The van der Waals surface area contributed by atoms with E-state index >= 15 is 0 Å². The maximum Gasteiger partial charge on any atom is 0.257 e. The van der Waals surface area contributed by atoms with E-state index in [0.29, 0.717) is 38.2 Å². The summed E-state index contributed by atoms with van der Waals surface area (Å²) in [5.41, 5.74) is 5.94. The zero-order chi connectivity index (χ0) is 22.7. The molecule has 2 amide bonds. The lowest BCUT2D eigenvalue weighted by Crippen LogP contribution is -2.38. The third-order valence-electron chi connectivity index (χ3n) is 6.32. The molecule has 0 spiro atoms. The van der Waals surface area contributed by atoms with Gasteiger partial charge in [0.05, 0.1) is 17.7 Å². The normalized spacial score (nSPS) is 16.8. The zero-order valence-corrected chi connectivity index (χ0v) is 19.0. The number of aryl methyl sites for hydroxylation is 2. The molecule has 0 aliphatic carbocycles. The second-order valence-corrected chi connectivity index (χ2v) is 8.50. The molecule has 166 valence electrons. The van der Waals surface area contributed by atoms with E-state index in [2.05, 4.69) is 53.5 Å². The van der Waals surface area contributed by atoms with Crippen LogP contribution in [0.15, 0.2) is 54.7 Å². The molecular formula is C26H30N4O2. The van der Waals surface area contributed by atoms with Gasteiger partial charge in [-0.3, -0.25) is 14.7 Å². The highest BCUT2D eigenvalue weighted by Crippen LogP contribution is 2.28. The van der Waals surface area contributed by atoms with Gasteiger partial charge in [-0.1, -0.05) is 54.1 Å². The molecule has 0 radical (unpaired) electrons. The highest BCUT2D eigenvalue weighted by molar-refractivity contribution is 5.95. The van der Waals surface area contributed by atoms with E-state index in [9.17, 15) is 9.59 Å². The SMILES string of the molecule is CCN1CCN(C(=O)c2cn[nH]c2C)C[C@@H](Cc2ccccc2-c2ccc(C)cc2)C1=O. The largest absolute Gasteiger partial charge is 0.341 e. The van der Waals surface area contributed by atoms with Crippen LogP contribution in [0.1, 0.15) is 34.1 Å². The Morgan fingerprint density at radius 2 is 1.84 bits per heavy atom. The van der Waals surface area contributed by atoms with Crippen molar-refractivity contribution in [1.29, 1.82) is 0 Å². The number of H-pyrrole nitrogens is 1. The average Bonchev–Trinajstić information content (AvgIpc) is 3.17. The number of aromatic nitrogens is 2. The van der Waals surface area contributed by atoms with Crippen LogP contribution in [0.25, 0.3) is 11.1 Å². The summed E-state index contributed by atoms with van der Waals surface area (Å²) in [5, 5.41) is 6.83. The molecule has 1 fully saturated rings. The van der Waals surface area contributed by atoms with Crippen molar-refractivity contribution in [3.63, 3.8) is 0 Å². The van der Waals surface area contributed by atoms with Gasteiger partial charge in [-0.2, -0.15) is 5.10 Å². The maximum absolute atomic E-state index is 13.4. The van der Waals surface area contributed by atoms with E-state index in [1.54, 1.807) is 6.20 Å². The summed E-state index contributed by atoms with van der Waals surface area (Å²) in [6, 6.07) is 16.7. The predicted molar refractivity (Wildman–Crippen MR) is 125 cm³/mol. The monoisotopic (exact) mass is 430 g/mol. The van der Waals surface area contributed by atoms with Crippen LogP contribution >= 0.6 is 0 Å². The number of hydrogen-bond donors (Lipinski definition) is 1. The number of rotatable bonds is 5. The Morgan fingerprint density at radius 3 is 2.53 bits per heavy atom. The first kappa shape index (κ1) is 21.8. The van der Waals surface area contributed by atoms with Crippen LogP contribution in [-0.2, 0) is 11.2 Å². The third kappa shape index (κ3) is 4.44. The summed E-state index contributed by atoms with van der Waals surface area (Å²) in [6.07, 6.45) is 2.16. The van der Waals surface area contributed by atoms with Crippen molar-refractivity contribution in [3.05, 3.63) is 77.1 Å². The highest BCUT2D eigenvalue weighted by atomic mass is 16.2. The van der Waals surface area contributed by atoms with Crippen molar-refractivity contribution in [2.75, 3.05) is 26.2 Å². The molecular weight excluding hydrogens is 400 g/mol. The maximum atomic E-state index is 13.4. The number of carbonyl (C=O) groups is 2. The number of benzene rings is 2. The van der Waals surface area contributed by atoms with Gasteiger partial charge in [0, 0.05) is 31.9 Å². The Balaban J connectivity index is 1.64. The number of carbonyl (C=O) groups excluding carboxylic acids is 2. The molecule has 6 heteroatoms. The Bertz CT molecular complexity index is 1100. The van der Waals surface area contributed by atoms with Crippen LogP contribution in [0.5, 0.6) is 0 Å². The molecule has 1 atom stereocenters. The molecule has 0 bridgehead atoms. The van der Waals surface area contributed by atoms with Crippen molar-refractivity contribution in [2.24, 2.45) is 5.92 Å². The molecule has 32 heavy (non-hydrogen) atoms. The van der Waals surface area contributed by atoms with Gasteiger partial charge in [-0.25, -0.2) is 0 Å². The average molecular weight is 431 g/mol. The van der Waals surface area contributed by atoms with Crippen molar-refractivity contribution >= 4 is 11.8 Å². The Morgan fingerprint density at radius 1 is 1.09 bits per heavy atom. The van der Waals surface area contributed by atoms with Crippen molar-refractivity contribution in [3.8, 4) is 11.1 Å². The Hall–Kier alpha value is -3.41. The fourth-order valence-electron chi connectivity index (χ4n) is 4.41. The van der Waals surface area contributed by atoms with Crippen LogP contribution in [0, 0.1) is 19.8 Å². The Kier molecular flexibility index (Phi) is 6.40. The van der Waals surface area contributed by atoms with Crippen LogP contribution in [0.2, 0.25) is 0 Å².